The molecule has 0 bridgehead atoms. The Morgan fingerprint density at radius 3 is 2.81 bits per heavy atom. The van der Waals surface area contributed by atoms with E-state index in [0.717, 1.165) is 25.8 Å². The highest BCUT2D eigenvalue weighted by molar-refractivity contribution is 5.86. The number of hydrogen-bond acceptors (Lipinski definition) is 3. The molecule has 1 aliphatic heterocycles. The van der Waals surface area contributed by atoms with Gasteiger partial charge in [-0.1, -0.05) is 20.3 Å². The van der Waals surface area contributed by atoms with Crippen molar-refractivity contribution in [3.05, 3.63) is 0 Å². The van der Waals surface area contributed by atoms with Gasteiger partial charge in [0.2, 0.25) is 5.91 Å². The first-order chi connectivity index (χ1) is 7.49. The second-order valence-electron chi connectivity index (χ2n) is 5.03. The maximum atomic E-state index is 11.9. The van der Waals surface area contributed by atoms with Crippen LogP contribution >= 0.6 is 0 Å². The van der Waals surface area contributed by atoms with Gasteiger partial charge in [0, 0.05) is 6.54 Å². The summed E-state index contributed by atoms with van der Waals surface area (Å²) >= 11 is 0. The van der Waals surface area contributed by atoms with Gasteiger partial charge < -0.3 is 15.7 Å². The van der Waals surface area contributed by atoms with E-state index in [-0.39, 0.29) is 11.8 Å². The van der Waals surface area contributed by atoms with Crippen LogP contribution < -0.4 is 10.6 Å². The first kappa shape index (κ1) is 13.5. The molecule has 94 valence electrons. The SMILES string of the molecule is CCC(C)C(O)CNC(=O)C1(C)CCCN1. The van der Waals surface area contributed by atoms with E-state index in [1.165, 1.54) is 0 Å². The fourth-order valence-corrected chi connectivity index (χ4v) is 1.95. The maximum absolute atomic E-state index is 11.9. The minimum atomic E-state index is -0.445. The van der Waals surface area contributed by atoms with Crippen LogP contribution in [-0.4, -0.2) is 35.7 Å². The Morgan fingerprint density at radius 2 is 2.31 bits per heavy atom. The zero-order valence-corrected chi connectivity index (χ0v) is 10.5. The van der Waals surface area contributed by atoms with Crippen molar-refractivity contribution in [2.24, 2.45) is 5.92 Å². The molecule has 1 rings (SSSR count). The van der Waals surface area contributed by atoms with Gasteiger partial charge in [0.1, 0.15) is 0 Å². The molecule has 3 unspecified atom stereocenters. The average Bonchev–Trinajstić information content (AvgIpc) is 2.72. The Morgan fingerprint density at radius 1 is 1.62 bits per heavy atom. The first-order valence-electron chi connectivity index (χ1n) is 6.21. The Labute approximate surface area is 97.8 Å². The Balaban J connectivity index is 2.35. The summed E-state index contributed by atoms with van der Waals surface area (Å²) in [5.74, 6) is 0.233. The molecular formula is C12H24N2O2. The van der Waals surface area contributed by atoms with Crippen LogP contribution in [0.1, 0.15) is 40.0 Å². The van der Waals surface area contributed by atoms with Gasteiger partial charge in [-0.3, -0.25) is 4.79 Å². The Bertz CT molecular complexity index is 237. The van der Waals surface area contributed by atoms with Crippen molar-refractivity contribution in [1.82, 2.24) is 10.6 Å². The normalized spacial score (nSPS) is 28.8. The van der Waals surface area contributed by atoms with Gasteiger partial charge in [-0.15, -0.1) is 0 Å². The number of carbonyl (C=O) groups is 1. The number of aliphatic hydroxyl groups is 1. The summed E-state index contributed by atoms with van der Waals surface area (Å²) in [7, 11) is 0. The van der Waals surface area contributed by atoms with Crippen LogP contribution in [0.5, 0.6) is 0 Å². The van der Waals surface area contributed by atoms with E-state index in [9.17, 15) is 9.90 Å². The van der Waals surface area contributed by atoms with Crippen molar-refractivity contribution in [3.63, 3.8) is 0 Å². The lowest BCUT2D eigenvalue weighted by Crippen LogP contribution is -2.52. The second kappa shape index (κ2) is 5.64. The topological polar surface area (TPSA) is 61.4 Å². The standard InChI is InChI=1S/C12H24N2O2/c1-4-9(2)10(15)8-13-11(16)12(3)6-5-7-14-12/h9-10,14-15H,4-8H2,1-3H3,(H,13,16). The van der Waals surface area contributed by atoms with Gasteiger partial charge >= 0.3 is 0 Å². The van der Waals surface area contributed by atoms with Gasteiger partial charge in [0.05, 0.1) is 11.6 Å². The molecular weight excluding hydrogens is 204 g/mol. The molecule has 3 atom stereocenters. The number of nitrogens with one attached hydrogen (secondary N) is 2. The third kappa shape index (κ3) is 3.19. The van der Waals surface area contributed by atoms with E-state index in [1.54, 1.807) is 0 Å². The zero-order valence-electron chi connectivity index (χ0n) is 10.5. The quantitative estimate of drug-likeness (QED) is 0.647. The van der Waals surface area contributed by atoms with Crippen molar-refractivity contribution in [1.29, 1.82) is 0 Å². The van der Waals surface area contributed by atoms with Gasteiger partial charge in [0.15, 0.2) is 0 Å². The lowest BCUT2D eigenvalue weighted by atomic mass is 9.98. The molecule has 1 aliphatic rings. The van der Waals surface area contributed by atoms with E-state index in [0.29, 0.717) is 6.54 Å². The fraction of sp³-hybridized carbons (Fsp3) is 0.917. The number of carbonyl (C=O) groups excluding carboxylic acids is 1. The highest BCUT2D eigenvalue weighted by atomic mass is 16.3. The fourth-order valence-electron chi connectivity index (χ4n) is 1.95. The minimum absolute atomic E-state index is 0.00681. The van der Waals surface area contributed by atoms with Gasteiger partial charge in [0.25, 0.3) is 0 Å². The average molecular weight is 228 g/mol. The Hall–Kier alpha value is -0.610. The molecule has 1 amide bonds. The van der Waals surface area contributed by atoms with Crippen LogP contribution in [0.4, 0.5) is 0 Å². The van der Waals surface area contributed by atoms with Crippen LogP contribution in [-0.2, 0) is 4.79 Å². The van der Waals surface area contributed by atoms with E-state index in [4.69, 9.17) is 0 Å². The molecule has 0 spiro atoms. The van der Waals surface area contributed by atoms with Crippen molar-refractivity contribution < 1.29 is 9.90 Å². The summed E-state index contributed by atoms with van der Waals surface area (Å²) in [5, 5.41) is 15.8. The molecule has 0 saturated carbocycles. The lowest BCUT2D eigenvalue weighted by molar-refractivity contribution is -0.127. The summed E-state index contributed by atoms with van der Waals surface area (Å²) in [6.45, 7) is 7.20. The van der Waals surface area contributed by atoms with Crippen molar-refractivity contribution in [3.8, 4) is 0 Å². The molecule has 0 aliphatic carbocycles. The summed E-state index contributed by atoms with van der Waals surface area (Å²) in [6.07, 6.45) is 2.39. The van der Waals surface area contributed by atoms with Crippen LogP contribution in [0.3, 0.4) is 0 Å². The van der Waals surface area contributed by atoms with E-state index in [1.807, 2.05) is 20.8 Å². The van der Waals surface area contributed by atoms with Crippen LogP contribution in [0.25, 0.3) is 0 Å². The molecule has 16 heavy (non-hydrogen) atoms. The molecule has 4 nitrogen and oxygen atoms in total. The van der Waals surface area contributed by atoms with E-state index < -0.39 is 11.6 Å². The maximum Gasteiger partial charge on any atom is 0.240 e. The molecule has 1 saturated heterocycles. The van der Waals surface area contributed by atoms with Crippen LogP contribution in [0.2, 0.25) is 0 Å². The number of hydrogen-bond donors (Lipinski definition) is 3. The smallest absolute Gasteiger partial charge is 0.240 e. The van der Waals surface area contributed by atoms with Crippen molar-refractivity contribution in [2.75, 3.05) is 13.1 Å². The molecule has 3 N–H and O–H groups in total. The first-order valence-corrected chi connectivity index (χ1v) is 6.21. The van der Waals surface area contributed by atoms with Crippen molar-refractivity contribution in [2.45, 2.75) is 51.7 Å². The molecule has 0 radical (unpaired) electrons. The molecule has 0 aromatic carbocycles. The minimum Gasteiger partial charge on any atom is -0.391 e. The molecule has 1 fully saturated rings. The number of rotatable bonds is 5. The van der Waals surface area contributed by atoms with Gasteiger partial charge in [-0.2, -0.15) is 0 Å². The molecule has 0 aromatic rings. The highest BCUT2D eigenvalue weighted by Gasteiger charge is 2.35. The van der Waals surface area contributed by atoms with Crippen LogP contribution in [0, 0.1) is 5.92 Å². The highest BCUT2D eigenvalue weighted by Crippen LogP contribution is 2.18. The largest absolute Gasteiger partial charge is 0.391 e. The van der Waals surface area contributed by atoms with Crippen molar-refractivity contribution >= 4 is 5.91 Å². The molecule has 4 heteroatoms. The second-order valence-corrected chi connectivity index (χ2v) is 5.03. The summed E-state index contributed by atoms with van der Waals surface area (Å²) in [4.78, 5) is 11.9. The summed E-state index contributed by atoms with van der Waals surface area (Å²) < 4.78 is 0. The summed E-state index contributed by atoms with van der Waals surface area (Å²) in [5.41, 5.74) is -0.435. The molecule has 0 aromatic heterocycles. The lowest BCUT2D eigenvalue weighted by Gasteiger charge is -2.25. The Kier molecular flexibility index (Phi) is 4.74. The van der Waals surface area contributed by atoms with E-state index >= 15 is 0 Å². The monoisotopic (exact) mass is 228 g/mol. The number of amides is 1. The zero-order chi connectivity index (χ0) is 12.2. The predicted molar refractivity (Wildman–Crippen MR) is 64.1 cm³/mol. The number of aliphatic hydroxyl groups excluding tert-OH is 1. The summed E-state index contributed by atoms with van der Waals surface area (Å²) in [6, 6.07) is 0. The third-order valence-electron chi connectivity index (χ3n) is 3.64. The van der Waals surface area contributed by atoms with Gasteiger partial charge in [-0.25, -0.2) is 0 Å². The van der Waals surface area contributed by atoms with Gasteiger partial charge in [-0.05, 0) is 32.2 Å². The predicted octanol–water partition coefficient (Wildman–Crippen LogP) is 0.652. The third-order valence-corrected chi connectivity index (χ3v) is 3.64. The van der Waals surface area contributed by atoms with E-state index in [2.05, 4.69) is 10.6 Å². The van der Waals surface area contributed by atoms with Crippen LogP contribution in [0.15, 0.2) is 0 Å². The molecule has 1 heterocycles.